The summed E-state index contributed by atoms with van der Waals surface area (Å²) in [6.07, 6.45) is 7.23. The summed E-state index contributed by atoms with van der Waals surface area (Å²) in [4.78, 5) is 25.7. The minimum atomic E-state index is 0.167. The maximum absolute atomic E-state index is 12.0. The Morgan fingerprint density at radius 2 is 0.964 bits per heavy atom. The van der Waals surface area contributed by atoms with Crippen molar-refractivity contribution >= 4 is 45.1 Å². The SMILES string of the molecule is Nc1ccccc1SC(=O)CCCCCCCCC(=O)Sc1ccccc1N. The van der Waals surface area contributed by atoms with Gasteiger partial charge in [-0.1, -0.05) is 49.9 Å². The van der Waals surface area contributed by atoms with Crippen molar-refractivity contribution in [1.29, 1.82) is 0 Å². The van der Waals surface area contributed by atoms with E-state index in [1.54, 1.807) is 0 Å². The maximum Gasteiger partial charge on any atom is 0.193 e. The van der Waals surface area contributed by atoms with E-state index in [2.05, 4.69) is 0 Å². The third kappa shape index (κ3) is 8.40. The highest BCUT2D eigenvalue weighted by atomic mass is 32.2. The Morgan fingerprint density at radius 3 is 1.36 bits per heavy atom. The van der Waals surface area contributed by atoms with Crippen LogP contribution in [-0.2, 0) is 9.59 Å². The van der Waals surface area contributed by atoms with Gasteiger partial charge in [0.25, 0.3) is 0 Å². The van der Waals surface area contributed by atoms with E-state index >= 15 is 0 Å². The molecule has 6 heteroatoms. The fourth-order valence-electron chi connectivity index (χ4n) is 2.74. The standard InChI is InChI=1S/C22H28N2O2S2/c23-17-11-7-9-13-19(17)27-21(25)15-5-3-1-2-4-6-16-22(26)28-20-14-10-8-12-18(20)24/h7-14H,1-6,15-16,23-24H2. The summed E-state index contributed by atoms with van der Waals surface area (Å²) in [5, 5.41) is 0.335. The lowest BCUT2D eigenvalue weighted by molar-refractivity contribution is -0.111. The van der Waals surface area contributed by atoms with Gasteiger partial charge >= 0.3 is 0 Å². The molecular weight excluding hydrogens is 388 g/mol. The lowest BCUT2D eigenvalue weighted by Gasteiger charge is -2.05. The number of rotatable bonds is 11. The van der Waals surface area contributed by atoms with Crippen molar-refractivity contribution in [1.82, 2.24) is 0 Å². The van der Waals surface area contributed by atoms with Gasteiger partial charge < -0.3 is 11.5 Å². The number of nitrogens with two attached hydrogens (primary N) is 2. The summed E-state index contributed by atoms with van der Waals surface area (Å²) in [5.74, 6) is 0. The average molecular weight is 417 g/mol. The summed E-state index contributed by atoms with van der Waals surface area (Å²) in [6, 6.07) is 14.9. The molecule has 0 heterocycles. The highest BCUT2D eigenvalue weighted by Crippen LogP contribution is 2.28. The molecule has 0 aliphatic heterocycles. The molecule has 0 aliphatic carbocycles. The van der Waals surface area contributed by atoms with Crippen LogP contribution >= 0.6 is 23.5 Å². The number of hydrogen-bond acceptors (Lipinski definition) is 6. The van der Waals surface area contributed by atoms with Crippen molar-refractivity contribution in [2.75, 3.05) is 11.5 Å². The van der Waals surface area contributed by atoms with Gasteiger partial charge in [-0.2, -0.15) is 0 Å². The summed E-state index contributed by atoms with van der Waals surface area (Å²) >= 11 is 2.47. The molecule has 2 aromatic rings. The third-order valence-corrected chi connectivity index (χ3v) is 6.34. The Bertz CT molecular complexity index is 715. The van der Waals surface area contributed by atoms with Crippen LogP contribution < -0.4 is 11.5 Å². The van der Waals surface area contributed by atoms with E-state index < -0.39 is 0 Å². The van der Waals surface area contributed by atoms with E-state index in [0.29, 0.717) is 24.2 Å². The molecule has 150 valence electrons. The molecule has 2 aromatic carbocycles. The number of carbonyl (C=O) groups excluding carboxylic acids is 2. The van der Waals surface area contributed by atoms with Gasteiger partial charge in [-0.3, -0.25) is 9.59 Å². The predicted molar refractivity (Wildman–Crippen MR) is 120 cm³/mol. The second-order valence-electron chi connectivity index (χ2n) is 6.65. The molecule has 0 radical (unpaired) electrons. The molecule has 0 spiro atoms. The van der Waals surface area contributed by atoms with Crippen LogP contribution in [-0.4, -0.2) is 10.2 Å². The van der Waals surface area contributed by atoms with Crippen LogP contribution in [0.5, 0.6) is 0 Å². The number of hydrogen-bond donors (Lipinski definition) is 2. The molecule has 0 saturated carbocycles. The normalized spacial score (nSPS) is 10.7. The van der Waals surface area contributed by atoms with Gasteiger partial charge in [0.2, 0.25) is 0 Å². The van der Waals surface area contributed by atoms with Crippen molar-refractivity contribution in [2.24, 2.45) is 0 Å². The minimum absolute atomic E-state index is 0.167. The monoisotopic (exact) mass is 416 g/mol. The highest BCUT2D eigenvalue weighted by molar-refractivity contribution is 8.14. The smallest absolute Gasteiger partial charge is 0.193 e. The number of anilines is 2. The minimum Gasteiger partial charge on any atom is -0.398 e. The van der Waals surface area contributed by atoms with Gasteiger partial charge in [0.05, 0.1) is 0 Å². The van der Waals surface area contributed by atoms with Crippen LogP contribution in [0.25, 0.3) is 0 Å². The molecule has 0 amide bonds. The topological polar surface area (TPSA) is 86.2 Å². The van der Waals surface area contributed by atoms with E-state index in [0.717, 1.165) is 48.3 Å². The molecule has 0 aliphatic rings. The Kier molecular flexibility index (Phi) is 10.0. The van der Waals surface area contributed by atoms with Gasteiger partial charge in [-0.05, 0) is 60.6 Å². The molecule has 28 heavy (non-hydrogen) atoms. The molecule has 0 fully saturated rings. The summed E-state index contributed by atoms with van der Waals surface area (Å²) in [5.41, 5.74) is 13.0. The van der Waals surface area contributed by atoms with E-state index in [-0.39, 0.29) is 10.2 Å². The Labute approximate surface area is 175 Å². The lowest BCUT2D eigenvalue weighted by atomic mass is 10.1. The maximum atomic E-state index is 12.0. The van der Waals surface area contributed by atoms with Crippen LogP contribution in [0.1, 0.15) is 51.4 Å². The zero-order valence-corrected chi connectivity index (χ0v) is 17.7. The Balaban J connectivity index is 1.48. The Morgan fingerprint density at radius 1 is 0.607 bits per heavy atom. The number of carbonyl (C=O) groups is 2. The molecule has 0 unspecified atom stereocenters. The second-order valence-corrected chi connectivity index (χ2v) is 8.84. The quantitative estimate of drug-likeness (QED) is 0.269. The van der Waals surface area contributed by atoms with Crippen LogP contribution in [0.3, 0.4) is 0 Å². The molecule has 0 atom stereocenters. The van der Waals surface area contributed by atoms with Crippen molar-refractivity contribution in [3.8, 4) is 0 Å². The Hall–Kier alpha value is -1.92. The van der Waals surface area contributed by atoms with Gasteiger partial charge in [-0.15, -0.1) is 0 Å². The van der Waals surface area contributed by atoms with Crippen molar-refractivity contribution in [3.05, 3.63) is 48.5 Å². The van der Waals surface area contributed by atoms with Gasteiger partial charge in [0, 0.05) is 34.0 Å². The third-order valence-electron chi connectivity index (χ3n) is 4.30. The molecule has 4 nitrogen and oxygen atoms in total. The summed E-state index contributed by atoms with van der Waals surface area (Å²) in [7, 11) is 0. The van der Waals surface area contributed by atoms with Crippen LogP contribution in [0.2, 0.25) is 0 Å². The summed E-state index contributed by atoms with van der Waals surface area (Å²) < 4.78 is 0. The zero-order valence-electron chi connectivity index (χ0n) is 16.1. The number of unbranched alkanes of at least 4 members (excludes halogenated alkanes) is 5. The zero-order chi connectivity index (χ0) is 20.2. The largest absolute Gasteiger partial charge is 0.398 e. The van der Waals surface area contributed by atoms with E-state index in [1.807, 2.05) is 48.5 Å². The second kappa shape index (κ2) is 12.5. The number of para-hydroxylation sites is 2. The van der Waals surface area contributed by atoms with E-state index in [1.165, 1.54) is 23.5 Å². The number of nitrogen functional groups attached to an aromatic ring is 2. The molecule has 0 bridgehead atoms. The van der Waals surface area contributed by atoms with Gasteiger partial charge in [0.1, 0.15) is 0 Å². The first-order valence-corrected chi connectivity index (χ1v) is 11.3. The highest BCUT2D eigenvalue weighted by Gasteiger charge is 2.08. The van der Waals surface area contributed by atoms with Crippen molar-refractivity contribution < 1.29 is 9.59 Å². The first-order valence-electron chi connectivity index (χ1n) is 9.66. The van der Waals surface area contributed by atoms with Crippen molar-refractivity contribution in [3.63, 3.8) is 0 Å². The van der Waals surface area contributed by atoms with Crippen LogP contribution in [0.4, 0.5) is 11.4 Å². The molecule has 0 aromatic heterocycles. The number of thioether (sulfide) groups is 2. The molecular formula is C22H28N2O2S2. The van der Waals surface area contributed by atoms with Gasteiger partial charge in [-0.25, -0.2) is 0 Å². The first kappa shape index (κ1) is 22.4. The molecule has 2 rings (SSSR count). The van der Waals surface area contributed by atoms with Gasteiger partial charge in [0.15, 0.2) is 10.2 Å². The van der Waals surface area contributed by atoms with Crippen LogP contribution in [0.15, 0.2) is 58.3 Å². The fraction of sp³-hybridized carbons (Fsp3) is 0.364. The van der Waals surface area contributed by atoms with Crippen molar-refractivity contribution in [2.45, 2.75) is 61.2 Å². The predicted octanol–water partition coefficient (Wildman–Crippen LogP) is 5.91. The van der Waals surface area contributed by atoms with Crippen LogP contribution in [0, 0.1) is 0 Å². The molecule has 0 saturated heterocycles. The lowest BCUT2D eigenvalue weighted by Crippen LogP contribution is -1.95. The van der Waals surface area contributed by atoms with E-state index in [9.17, 15) is 9.59 Å². The number of benzene rings is 2. The summed E-state index contributed by atoms with van der Waals surface area (Å²) in [6.45, 7) is 0. The average Bonchev–Trinajstić information content (AvgIpc) is 2.67. The van der Waals surface area contributed by atoms with E-state index in [4.69, 9.17) is 11.5 Å². The molecule has 4 N–H and O–H groups in total. The first-order chi connectivity index (χ1) is 13.6. The fourth-order valence-corrected chi connectivity index (χ4v) is 4.39.